The van der Waals surface area contributed by atoms with Gasteiger partial charge in [-0.1, -0.05) is 66.6 Å². The third-order valence-electron chi connectivity index (χ3n) is 5.16. The largest absolute Gasteiger partial charge is 0.505 e. The highest BCUT2D eigenvalue weighted by Gasteiger charge is 2.18. The van der Waals surface area contributed by atoms with Crippen LogP contribution in [-0.4, -0.2) is 15.7 Å². The van der Waals surface area contributed by atoms with Gasteiger partial charge in [-0.05, 0) is 37.5 Å². The minimum absolute atomic E-state index is 0.164. The van der Waals surface area contributed by atoms with E-state index in [0.717, 1.165) is 16.7 Å². The molecular formula is C24H26ClN3O3. The Hall–Kier alpha value is -3.25. The van der Waals surface area contributed by atoms with Crippen molar-refractivity contribution in [3.8, 4) is 5.75 Å². The lowest BCUT2D eigenvalue weighted by molar-refractivity contribution is 0.248. The Morgan fingerprint density at radius 3 is 2.45 bits per heavy atom. The monoisotopic (exact) mass is 439 g/mol. The van der Waals surface area contributed by atoms with Crippen LogP contribution in [0.15, 0.2) is 59.5 Å². The summed E-state index contributed by atoms with van der Waals surface area (Å²) < 4.78 is 1.42. The number of aromatic nitrogens is 1. The second-order valence-corrected chi connectivity index (χ2v) is 7.94. The molecule has 1 aromatic heterocycles. The second-order valence-electron chi connectivity index (χ2n) is 7.53. The first-order chi connectivity index (χ1) is 14.8. The van der Waals surface area contributed by atoms with Crippen molar-refractivity contribution in [2.75, 3.05) is 5.32 Å². The number of pyridine rings is 1. The third-order valence-corrected chi connectivity index (χ3v) is 5.53. The molecule has 2 amide bonds. The zero-order valence-corrected chi connectivity index (χ0v) is 18.5. The number of urea groups is 1. The average molecular weight is 440 g/mol. The summed E-state index contributed by atoms with van der Waals surface area (Å²) in [4.78, 5) is 25.6. The van der Waals surface area contributed by atoms with Crippen LogP contribution in [-0.2, 0) is 6.54 Å². The first-order valence-corrected chi connectivity index (χ1v) is 10.5. The Balaban J connectivity index is 1.84. The van der Waals surface area contributed by atoms with Crippen LogP contribution in [0.25, 0.3) is 0 Å². The number of carbonyl (C=O) groups excluding carboxylic acids is 1. The standard InChI is InChI=1S/C24H26ClN3O3/c1-4-20(17-11-9-15(2)10-12-17)26-24(31)27-21-22(29)16(3)13-28(23(21)30)14-18-7-5-6-8-19(18)25/h5-13,20,29H,4,14H2,1-3H3,(H2,26,27,31)/t20-/m0/s1. The quantitative estimate of drug-likeness (QED) is 0.497. The number of aryl methyl sites for hydroxylation is 2. The molecule has 0 aliphatic rings. The number of anilines is 1. The lowest BCUT2D eigenvalue weighted by atomic mass is 10.0. The fourth-order valence-corrected chi connectivity index (χ4v) is 3.56. The van der Waals surface area contributed by atoms with Gasteiger partial charge in [-0.25, -0.2) is 4.79 Å². The van der Waals surface area contributed by atoms with Crippen molar-refractivity contribution in [1.82, 2.24) is 9.88 Å². The molecule has 0 radical (unpaired) electrons. The number of aromatic hydroxyl groups is 1. The molecule has 0 spiro atoms. The van der Waals surface area contributed by atoms with E-state index in [1.807, 2.05) is 56.3 Å². The molecule has 6 nitrogen and oxygen atoms in total. The molecular weight excluding hydrogens is 414 g/mol. The number of halogens is 1. The van der Waals surface area contributed by atoms with Crippen LogP contribution in [0, 0.1) is 13.8 Å². The summed E-state index contributed by atoms with van der Waals surface area (Å²) in [6, 6.07) is 14.3. The minimum atomic E-state index is -0.560. The van der Waals surface area contributed by atoms with Crippen molar-refractivity contribution in [3.05, 3.63) is 92.4 Å². The highest BCUT2D eigenvalue weighted by atomic mass is 35.5. The van der Waals surface area contributed by atoms with Crippen LogP contribution in [0.3, 0.4) is 0 Å². The number of amides is 2. The van der Waals surface area contributed by atoms with Gasteiger partial charge in [0.2, 0.25) is 0 Å². The van der Waals surface area contributed by atoms with Gasteiger partial charge in [-0.15, -0.1) is 0 Å². The van der Waals surface area contributed by atoms with Crippen molar-refractivity contribution in [2.45, 2.75) is 39.8 Å². The van der Waals surface area contributed by atoms with Gasteiger partial charge in [-0.3, -0.25) is 4.79 Å². The third kappa shape index (κ3) is 5.27. The highest BCUT2D eigenvalue weighted by molar-refractivity contribution is 6.31. The Kier molecular flexibility index (Phi) is 7.02. The van der Waals surface area contributed by atoms with Gasteiger partial charge in [0.05, 0.1) is 12.6 Å². The molecule has 0 aliphatic carbocycles. The summed E-state index contributed by atoms with van der Waals surface area (Å²) in [5.41, 5.74) is 2.65. The maximum absolute atomic E-state index is 13.0. The smallest absolute Gasteiger partial charge is 0.319 e. The van der Waals surface area contributed by atoms with Crippen molar-refractivity contribution >= 4 is 23.3 Å². The molecule has 7 heteroatoms. The summed E-state index contributed by atoms with van der Waals surface area (Å²) in [5, 5.41) is 16.4. The molecule has 3 N–H and O–H groups in total. The number of hydrogen-bond acceptors (Lipinski definition) is 3. The van der Waals surface area contributed by atoms with E-state index in [-0.39, 0.29) is 24.0 Å². The molecule has 1 heterocycles. The fraction of sp³-hybridized carbons (Fsp3) is 0.250. The first-order valence-electron chi connectivity index (χ1n) is 10.1. The molecule has 3 aromatic rings. The van der Waals surface area contributed by atoms with Crippen LogP contribution in [0.4, 0.5) is 10.5 Å². The maximum atomic E-state index is 13.0. The van der Waals surface area contributed by atoms with Crippen molar-refractivity contribution in [3.63, 3.8) is 0 Å². The van der Waals surface area contributed by atoms with E-state index in [4.69, 9.17) is 11.6 Å². The van der Waals surface area contributed by atoms with Crippen LogP contribution >= 0.6 is 11.6 Å². The highest BCUT2D eigenvalue weighted by Crippen LogP contribution is 2.25. The normalized spacial score (nSPS) is 11.7. The van der Waals surface area contributed by atoms with Gasteiger partial charge < -0.3 is 20.3 Å². The van der Waals surface area contributed by atoms with Crippen molar-refractivity contribution in [1.29, 1.82) is 0 Å². The zero-order valence-electron chi connectivity index (χ0n) is 17.8. The van der Waals surface area contributed by atoms with E-state index in [9.17, 15) is 14.7 Å². The Bertz CT molecular complexity index is 1140. The molecule has 0 unspecified atom stereocenters. The van der Waals surface area contributed by atoms with Gasteiger partial charge in [-0.2, -0.15) is 0 Å². The second kappa shape index (κ2) is 9.71. The molecule has 0 aliphatic heterocycles. The Labute approximate surface area is 186 Å². The molecule has 31 heavy (non-hydrogen) atoms. The van der Waals surface area contributed by atoms with E-state index < -0.39 is 11.6 Å². The minimum Gasteiger partial charge on any atom is -0.505 e. The molecule has 2 aromatic carbocycles. The Morgan fingerprint density at radius 1 is 1.13 bits per heavy atom. The van der Waals surface area contributed by atoms with E-state index in [1.54, 1.807) is 19.2 Å². The molecule has 0 fully saturated rings. The Morgan fingerprint density at radius 2 is 1.81 bits per heavy atom. The van der Waals surface area contributed by atoms with E-state index in [0.29, 0.717) is 17.0 Å². The lowest BCUT2D eigenvalue weighted by Crippen LogP contribution is -2.35. The maximum Gasteiger partial charge on any atom is 0.319 e. The molecule has 0 saturated carbocycles. The molecule has 0 bridgehead atoms. The predicted molar refractivity (Wildman–Crippen MR) is 124 cm³/mol. The first kappa shape index (κ1) is 22.4. The summed E-state index contributed by atoms with van der Waals surface area (Å²) in [7, 11) is 0. The topological polar surface area (TPSA) is 83.4 Å². The number of benzene rings is 2. The van der Waals surface area contributed by atoms with E-state index in [1.165, 1.54) is 4.57 Å². The number of hydrogen-bond donors (Lipinski definition) is 3. The molecule has 1 atom stereocenters. The summed E-state index contributed by atoms with van der Waals surface area (Å²) in [5.74, 6) is -0.251. The van der Waals surface area contributed by atoms with Crippen LogP contribution in [0.5, 0.6) is 5.75 Å². The lowest BCUT2D eigenvalue weighted by Gasteiger charge is -2.19. The van der Waals surface area contributed by atoms with Crippen molar-refractivity contribution in [2.24, 2.45) is 0 Å². The molecule has 162 valence electrons. The number of nitrogens with zero attached hydrogens (tertiary/aromatic N) is 1. The summed E-state index contributed by atoms with van der Waals surface area (Å²) in [6.07, 6.45) is 2.22. The van der Waals surface area contributed by atoms with Gasteiger partial charge in [0.15, 0.2) is 5.69 Å². The van der Waals surface area contributed by atoms with Gasteiger partial charge in [0.1, 0.15) is 5.75 Å². The fourth-order valence-electron chi connectivity index (χ4n) is 3.36. The summed E-state index contributed by atoms with van der Waals surface area (Å²) in [6.45, 7) is 5.85. The number of rotatable bonds is 6. The average Bonchev–Trinajstić information content (AvgIpc) is 2.75. The van der Waals surface area contributed by atoms with Gasteiger partial charge in [0, 0.05) is 16.8 Å². The summed E-state index contributed by atoms with van der Waals surface area (Å²) >= 11 is 6.22. The van der Waals surface area contributed by atoms with E-state index >= 15 is 0 Å². The van der Waals surface area contributed by atoms with Gasteiger partial charge in [0.25, 0.3) is 5.56 Å². The van der Waals surface area contributed by atoms with Gasteiger partial charge >= 0.3 is 6.03 Å². The number of carbonyl (C=O) groups is 1. The predicted octanol–water partition coefficient (Wildman–Crippen LogP) is 5.15. The van der Waals surface area contributed by atoms with E-state index in [2.05, 4.69) is 10.6 Å². The molecule has 0 saturated heterocycles. The number of nitrogens with one attached hydrogen (secondary N) is 2. The zero-order chi connectivity index (χ0) is 22.5. The van der Waals surface area contributed by atoms with Crippen LogP contribution < -0.4 is 16.2 Å². The van der Waals surface area contributed by atoms with Crippen LogP contribution in [0.1, 0.15) is 41.6 Å². The molecule has 3 rings (SSSR count). The van der Waals surface area contributed by atoms with Crippen molar-refractivity contribution < 1.29 is 9.90 Å². The SMILES string of the molecule is CC[C@H](NC(=O)Nc1c(O)c(C)cn(Cc2ccccc2Cl)c1=O)c1ccc(C)cc1. The van der Waals surface area contributed by atoms with Crippen LogP contribution in [0.2, 0.25) is 5.02 Å².